The van der Waals surface area contributed by atoms with Crippen molar-refractivity contribution >= 4 is 23.2 Å². The minimum absolute atomic E-state index is 0.0340. The number of rotatable bonds is 5. The normalized spacial score (nSPS) is 12.0. The van der Waals surface area contributed by atoms with E-state index < -0.39 is 0 Å². The minimum atomic E-state index is -0.0340. The molecule has 1 atom stereocenters. The van der Waals surface area contributed by atoms with Gasteiger partial charge < -0.3 is 10.2 Å². The monoisotopic (exact) mass is 303 g/mol. The number of amides is 1. The Hall–Kier alpha value is -1.84. The highest BCUT2D eigenvalue weighted by Gasteiger charge is 2.12. The van der Waals surface area contributed by atoms with Gasteiger partial charge in [-0.15, -0.1) is 0 Å². The SMILES string of the molecule is Cc1cccc(C[NH+](C)CC(=O)Nc2ccccc2Cl)c1. The van der Waals surface area contributed by atoms with Crippen LogP contribution in [-0.2, 0) is 11.3 Å². The van der Waals surface area contributed by atoms with Gasteiger partial charge in [-0.3, -0.25) is 4.79 Å². The van der Waals surface area contributed by atoms with Gasteiger partial charge in [0.1, 0.15) is 6.54 Å². The van der Waals surface area contributed by atoms with E-state index in [0.717, 1.165) is 11.4 Å². The molecule has 0 aliphatic carbocycles. The van der Waals surface area contributed by atoms with E-state index >= 15 is 0 Å². The Balaban J connectivity index is 1.89. The van der Waals surface area contributed by atoms with Crippen LogP contribution in [0.2, 0.25) is 5.02 Å². The van der Waals surface area contributed by atoms with Gasteiger partial charge >= 0.3 is 0 Å². The van der Waals surface area contributed by atoms with E-state index in [9.17, 15) is 4.79 Å². The van der Waals surface area contributed by atoms with Crippen molar-refractivity contribution in [3.63, 3.8) is 0 Å². The van der Waals surface area contributed by atoms with Crippen molar-refractivity contribution in [1.82, 2.24) is 0 Å². The summed E-state index contributed by atoms with van der Waals surface area (Å²) >= 11 is 6.03. The van der Waals surface area contributed by atoms with Crippen LogP contribution in [0.25, 0.3) is 0 Å². The lowest BCUT2D eigenvalue weighted by Crippen LogP contribution is -3.08. The van der Waals surface area contributed by atoms with Crippen LogP contribution in [0.4, 0.5) is 5.69 Å². The van der Waals surface area contributed by atoms with Crippen LogP contribution in [-0.4, -0.2) is 19.5 Å². The predicted molar refractivity (Wildman–Crippen MR) is 86.7 cm³/mol. The molecule has 0 saturated heterocycles. The molecule has 0 heterocycles. The number of nitrogens with one attached hydrogen (secondary N) is 2. The number of para-hydroxylation sites is 1. The Labute approximate surface area is 130 Å². The van der Waals surface area contributed by atoms with Crippen LogP contribution in [0.1, 0.15) is 11.1 Å². The first-order valence-corrected chi connectivity index (χ1v) is 7.33. The van der Waals surface area contributed by atoms with Crippen LogP contribution in [0, 0.1) is 6.92 Å². The standard InChI is InChI=1S/C17H19ClN2O/c1-13-6-5-7-14(10-13)11-20(2)12-17(21)19-16-9-4-3-8-15(16)18/h3-10H,11-12H2,1-2H3,(H,19,21)/p+1. The number of halogens is 1. The predicted octanol–water partition coefficient (Wildman–Crippen LogP) is 2.30. The number of hydrogen-bond acceptors (Lipinski definition) is 1. The summed E-state index contributed by atoms with van der Waals surface area (Å²) in [6, 6.07) is 15.6. The van der Waals surface area contributed by atoms with E-state index in [0.29, 0.717) is 17.3 Å². The lowest BCUT2D eigenvalue weighted by molar-refractivity contribution is -0.885. The first kappa shape index (κ1) is 15.5. The largest absolute Gasteiger partial charge is 0.326 e. The number of carbonyl (C=O) groups is 1. The third kappa shape index (κ3) is 4.88. The molecule has 2 rings (SSSR count). The van der Waals surface area contributed by atoms with Gasteiger partial charge in [0, 0.05) is 5.56 Å². The molecule has 0 aromatic heterocycles. The van der Waals surface area contributed by atoms with Crippen molar-refractivity contribution in [2.24, 2.45) is 0 Å². The average molecular weight is 304 g/mol. The molecule has 0 radical (unpaired) electrons. The quantitative estimate of drug-likeness (QED) is 0.873. The fourth-order valence-corrected chi connectivity index (χ4v) is 2.45. The maximum Gasteiger partial charge on any atom is 0.279 e. The van der Waals surface area contributed by atoms with Crippen molar-refractivity contribution in [2.45, 2.75) is 13.5 Å². The van der Waals surface area contributed by atoms with Gasteiger partial charge in [0.15, 0.2) is 6.54 Å². The van der Waals surface area contributed by atoms with Crippen molar-refractivity contribution < 1.29 is 9.69 Å². The maximum atomic E-state index is 12.0. The van der Waals surface area contributed by atoms with Gasteiger partial charge in [-0.25, -0.2) is 0 Å². The van der Waals surface area contributed by atoms with Gasteiger partial charge in [0.25, 0.3) is 5.91 Å². The Morgan fingerprint density at radius 1 is 1.19 bits per heavy atom. The average Bonchev–Trinajstić information content (AvgIpc) is 2.41. The molecule has 0 aliphatic heterocycles. The Bertz CT molecular complexity index is 628. The summed E-state index contributed by atoms with van der Waals surface area (Å²) in [7, 11) is 2.01. The highest BCUT2D eigenvalue weighted by molar-refractivity contribution is 6.33. The summed E-state index contributed by atoms with van der Waals surface area (Å²) in [5.41, 5.74) is 3.13. The fourth-order valence-electron chi connectivity index (χ4n) is 2.26. The number of hydrogen-bond donors (Lipinski definition) is 2. The van der Waals surface area contributed by atoms with Crippen LogP contribution >= 0.6 is 11.6 Å². The molecule has 3 nitrogen and oxygen atoms in total. The second kappa shape index (κ2) is 7.25. The molecule has 0 saturated carbocycles. The third-order valence-corrected chi connectivity index (χ3v) is 3.53. The molecule has 1 unspecified atom stereocenters. The molecule has 0 fully saturated rings. The van der Waals surface area contributed by atoms with E-state index in [1.807, 2.05) is 25.2 Å². The molecular weight excluding hydrogens is 284 g/mol. The zero-order valence-corrected chi connectivity index (χ0v) is 13.1. The molecule has 2 aromatic carbocycles. The van der Waals surface area contributed by atoms with Crippen molar-refractivity contribution in [2.75, 3.05) is 18.9 Å². The highest BCUT2D eigenvalue weighted by Crippen LogP contribution is 2.19. The summed E-state index contributed by atoms with van der Waals surface area (Å²) in [4.78, 5) is 13.2. The van der Waals surface area contributed by atoms with Crippen LogP contribution in [0.5, 0.6) is 0 Å². The van der Waals surface area contributed by atoms with Crippen LogP contribution in [0.3, 0.4) is 0 Å². The fraction of sp³-hybridized carbons (Fsp3) is 0.235. The van der Waals surface area contributed by atoms with Gasteiger partial charge in [0.05, 0.1) is 17.8 Å². The number of likely N-dealkylation sites (N-methyl/N-ethyl adjacent to an activating group) is 1. The van der Waals surface area contributed by atoms with Crippen molar-refractivity contribution in [3.05, 3.63) is 64.7 Å². The second-order valence-electron chi connectivity index (χ2n) is 5.33. The first-order valence-electron chi connectivity index (χ1n) is 6.96. The smallest absolute Gasteiger partial charge is 0.279 e. The molecule has 1 amide bonds. The molecule has 0 spiro atoms. The summed E-state index contributed by atoms with van der Waals surface area (Å²) in [6.45, 7) is 3.29. The van der Waals surface area contributed by atoms with Crippen LogP contribution in [0.15, 0.2) is 48.5 Å². The van der Waals surface area contributed by atoms with E-state index in [2.05, 4.69) is 30.4 Å². The number of anilines is 1. The molecule has 110 valence electrons. The van der Waals surface area contributed by atoms with Gasteiger partial charge in [-0.2, -0.15) is 0 Å². The maximum absolute atomic E-state index is 12.0. The summed E-state index contributed by atoms with van der Waals surface area (Å²) in [5.74, 6) is -0.0340. The Morgan fingerprint density at radius 3 is 2.67 bits per heavy atom. The number of quaternary nitrogens is 1. The van der Waals surface area contributed by atoms with Crippen molar-refractivity contribution in [1.29, 1.82) is 0 Å². The van der Waals surface area contributed by atoms with E-state index in [1.54, 1.807) is 12.1 Å². The highest BCUT2D eigenvalue weighted by atomic mass is 35.5. The third-order valence-electron chi connectivity index (χ3n) is 3.20. The summed E-state index contributed by atoms with van der Waals surface area (Å²) in [5, 5.41) is 3.40. The number of aryl methyl sites for hydroxylation is 1. The lowest BCUT2D eigenvalue weighted by Gasteiger charge is -2.14. The molecule has 0 bridgehead atoms. The van der Waals surface area contributed by atoms with Gasteiger partial charge in [-0.1, -0.05) is 53.6 Å². The zero-order chi connectivity index (χ0) is 15.2. The Kier molecular flexibility index (Phi) is 5.37. The van der Waals surface area contributed by atoms with E-state index in [1.165, 1.54) is 11.1 Å². The van der Waals surface area contributed by atoms with E-state index in [4.69, 9.17) is 11.6 Å². The zero-order valence-electron chi connectivity index (χ0n) is 12.3. The molecule has 2 aromatic rings. The molecule has 21 heavy (non-hydrogen) atoms. The second-order valence-corrected chi connectivity index (χ2v) is 5.73. The number of carbonyl (C=O) groups excluding carboxylic acids is 1. The molecular formula is C17H20ClN2O+. The number of benzene rings is 2. The Morgan fingerprint density at radius 2 is 1.95 bits per heavy atom. The van der Waals surface area contributed by atoms with Gasteiger partial charge in [0.2, 0.25) is 0 Å². The van der Waals surface area contributed by atoms with E-state index in [-0.39, 0.29) is 5.91 Å². The summed E-state index contributed by atoms with van der Waals surface area (Å²) in [6.07, 6.45) is 0. The summed E-state index contributed by atoms with van der Waals surface area (Å²) < 4.78 is 0. The first-order chi connectivity index (χ1) is 10.0. The van der Waals surface area contributed by atoms with Crippen LogP contribution < -0.4 is 10.2 Å². The topological polar surface area (TPSA) is 33.5 Å². The van der Waals surface area contributed by atoms with Crippen molar-refractivity contribution in [3.8, 4) is 0 Å². The molecule has 4 heteroatoms. The minimum Gasteiger partial charge on any atom is -0.326 e. The molecule has 0 aliphatic rings. The molecule has 2 N–H and O–H groups in total. The lowest BCUT2D eigenvalue weighted by atomic mass is 10.1. The van der Waals surface area contributed by atoms with Gasteiger partial charge in [-0.05, 0) is 19.1 Å².